The number of cyclic esters (lactones) is 1. The highest BCUT2D eigenvalue weighted by Gasteiger charge is 2.24. The van der Waals surface area contributed by atoms with E-state index < -0.39 is 5.97 Å². The van der Waals surface area contributed by atoms with E-state index in [1.54, 1.807) is 12.1 Å². The van der Waals surface area contributed by atoms with Crippen LogP contribution in [0.3, 0.4) is 0 Å². The van der Waals surface area contributed by atoms with Gasteiger partial charge in [0.25, 0.3) is 0 Å². The van der Waals surface area contributed by atoms with Crippen LogP contribution >= 0.6 is 23.2 Å². The van der Waals surface area contributed by atoms with Crippen LogP contribution in [0.4, 0.5) is 0 Å². The summed E-state index contributed by atoms with van der Waals surface area (Å²) in [6.07, 6.45) is 1.67. The Bertz CT molecular complexity index is 1170. The van der Waals surface area contributed by atoms with Crippen LogP contribution in [0.25, 0.3) is 6.08 Å². The maximum Gasteiger partial charge on any atom is 0.363 e. The van der Waals surface area contributed by atoms with Gasteiger partial charge >= 0.3 is 5.97 Å². The Morgan fingerprint density at radius 1 is 1.00 bits per heavy atom. The van der Waals surface area contributed by atoms with Crippen molar-refractivity contribution in [2.45, 2.75) is 13.5 Å². The Morgan fingerprint density at radius 3 is 2.50 bits per heavy atom. The van der Waals surface area contributed by atoms with Gasteiger partial charge < -0.3 is 9.47 Å². The maximum atomic E-state index is 12.2. The summed E-state index contributed by atoms with van der Waals surface area (Å²) in [5.41, 5.74) is 3.55. The molecule has 1 aliphatic rings. The molecular weight excluding hydrogens is 421 g/mol. The van der Waals surface area contributed by atoms with E-state index >= 15 is 0 Å². The molecule has 0 saturated carbocycles. The van der Waals surface area contributed by atoms with Crippen molar-refractivity contribution in [3.63, 3.8) is 0 Å². The van der Waals surface area contributed by atoms with Crippen molar-refractivity contribution in [1.82, 2.24) is 0 Å². The molecule has 4 rings (SSSR count). The van der Waals surface area contributed by atoms with Gasteiger partial charge in [0.2, 0.25) is 5.90 Å². The average Bonchev–Trinajstić information content (AvgIpc) is 3.11. The summed E-state index contributed by atoms with van der Waals surface area (Å²) < 4.78 is 11.1. The quantitative estimate of drug-likeness (QED) is 0.351. The zero-order valence-corrected chi connectivity index (χ0v) is 17.6. The highest BCUT2D eigenvalue weighted by atomic mass is 35.5. The first-order valence-electron chi connectivity index (χ1n) is 9.25. The van der Waals surface area contributed by atoms with Crippen LogP contribution in [0.5, 0.6) is 5.75 Å². The van der Waals surface area contributed by atoms with E-state index in [0.717, 1.165) is 16.7 Å². The number of hydrogen-bond donors (Lipinski definition) is 0. The van der Waals surface area contributed by atoms with Crippen molar-refractivity contribution in [2.75, 3.05) is 0 Å². The molecule has 6 heteroatoms. The lowest BCUT2D eigenvalue weighted by Crippen LogP contribution is -2.05. The number of ether oxygens (including phenoxy) is 2. The number of aliphatic imine (C=N–C) groups is 1. The lowest BCUT2D eigenvalue weighted by Gasteiger charge is -2.07. The second-order valence-electron chi connectivity index (χ2n) is 6.75. The van der Waals surface area contributed by atoms with Crippen molar-refractivity contribution in [1.29, 1.82) is 0 Å². The van der Waals surface area contributed by atoms with Gasteiger partial charge in [0.1, 0.15) is 12.4 Å². The first-order valence-corrected chi connectivity index (χ1v) is 10.0. The van der Waals surface area contributed by atoms with Gasteiger partial charge in [-0.15, -0.1) is 0 Å². The van der Waals surface area contributed by atoms with E-state index in [1.807, 2.05) is 67.6 Å². The van der Waals surface area contributed by atoms with Gasteiger partial charge in [-0.25, -0.2) is 9.79 Å². The van der Waals surface area contributed by atoms with Crippen molar-refractivity contribution in [3.8, 4) is 5.75 Å². The highest BCUT2D eigenvalue weighted by Crippen LogP contribution is 2.24. The molecule has 0 saturated heterocycles. The van der Waals surface area contributed by atoms with E-state index in [9.17, 15) is 4.79 Å². The number of nitrogens with zero attached hydrogens (tertiary/aromatic N) is 1. The summed E-state index contributed by atoms with van der Waals surface area (Å²) in [6.45, 7) is 2.28. The third kappa shape index (κ3) is 4.56. The monoisotopic (exact) mass is 437 g/mol. The third-order valence-electron chi connectivity index (χ3n) is 4.57. The summed E-state index contributed by atoms with van der Waals surface area (Å²) in [7, 11) is 0. The van der Waals surface area contributed by atoms with E-state index in [-0.39, 0.29) is 11.6 Å². The fourth-order valence-corrected chi connectivity index (χ4v) is 3.22. The van der Waals surface area contributed by atoms with Crippen LogP contribution in [0.15, 0.2) is 77.4 Å². The van der Waals surface area contributed by atoms with E-state index in [4.69, 9.17) is 32.7 Å². The molecule has 0 amide bonds. The number of carbonyl (C=O) groups excluding carboxylic acids is 1. The third-order valence-corrected chi connectivity index (χ3v) is 5.35. The molecule has 30 heavy (non-hydrogen) atoms. The number of rotatable bonds is 5. The SMILES string of the molecule is Cc1ccc(C2=N/C(=C\c3ccc(OCc4ccccc4Cl)cc3)C(=O)O2)cc1Cl. The van der Waals surface area contributed by atoms with Crippen molar-refractivity contribution in [3.05, 3.63) is 105 Å². The van der Waals surface area contributed by atoms with Crippen LogP contribution in [-0.2, 0) is 16.1 Å². The van der Waals surface area contributed by atoms with Gasteiger partial charge in [0, 0.05) is 21.2 Å². The summed E-state index contributed by atoms with van der Waals surface area (Å²) in [6, 6.07) is 20.3. The van der Waals surface area contributed by atoms with Gasteiger partial charge in [-0.1, -0.05) is 59.6 Å². The molecule has 1 heterocycles. The van der Waals surface area contributed by atoms with Crippen LogP contribution in [0.1, 0.15) is 22.3 Å². The standard InChI is InChI=1S/C24H17Cl2NO3/c1-15-6-9-17(13-21(15)26)23-27-22(24(28)30-23)12-16-7-10-19(11-8-16)29-14-18-4-2-3-5-20(18)25/h2-13H,14H2,1H3/b22-12-. The molecule has 4 nitrogen and oxygen atoms in total. The van der Waals surface area contributed by atoms with Gasteiger partial charge in [-0.2, -0.15) is 0 Å². The van der Waals surface area contributed by atoms with Gasteiger partial charge in [-0.05, 0) is 54.5 Å². The van der Waals surface area contributed by atoms with Crippen LogP contribution in [0, 0.1) is 6.92 Å². The molecule has 0 aromatic heterocycles. The van der Waals surface area contributed by atoms with Crippen LogP contribution in [0.2, 0.25) is 10.0 Å². The van der Waals surface area contributed by atoms with Crippen molar-refractivity contribution < 1.29 is 14.3 Å². The fourth-order valence-electron chi connectivity index (χ4n) is 2.85. The molecule has 3 aromatic rings. The minimum atomic E-state index is -0.499. The molecular formula is C24H17Cl2NO3. The summed E-state index contributed by atoms with van der Waals surface area (Å²) in [4.78, 5) is 16.5. The molecule has 0 aliphatic carbocycles. The van der Waals surface area contributed by atoms with Gasteiger partial charge in [0.05, 0.1) is 0 Å². The largest absolute Gasteiger partial charge is 0.489 e. The van der Waals surface area contributed by atoms with Crippen LogP contribution in [-0.4, -0.2) is 11.9 Å². The lowest BCUT2D eigenvalue weighted by molar-refractivity contribution is -0.129. The molecule has 0 spiro atoms. The second-order valence-corrected chi connectivity index (χ2v) is 7.56. The Morgan fingerprint density at radius 2 is 1.77 bits per heavy atom. The number of esters is 1. The van der Waals surface area contributed by atoms with E-state index in [0.29, 0.717) is 28.0 Å². The maximum absolute atomic E-state index is 12.2. The smallest absolute Gasteiger partial charge is 0.363 e. The second kappa shape index (κ2) is 8.74. The molecule has 0 bridgehead atoms. The normalized spacial score (nSPS) is 14.6. The first-order chi connectivity index (χ1) is 14.5. The fraction of sp³-hybridized carbons (Fsp3) is 0.0833. The summed E-state index contributed by atoms with van der Waals surface area (Å²) in [5, 5.41) is 1.26. The minimum absolute atomic E-state index is 0.228. The molecule has 3 aromatic carbocycles. The molecule has 0 N–H and O–H groups in total. The van der Waals surface area contributed by atoms with Crippen molar-refractivity contribution >= 4 is 41.1 Å². The first kappa shape index (κ1) is 20.2. The number of benzene rings is 3. The Hall–Kier alpha value is -3.08. The summed E-state index contributed by atoms with van der Waals surface area (Å²) in [5.74, 6) is 0.443. The Kier molecular flexibility index (Phi) is 5.88. The molecule has 0 unspecified atom stereocenters. The number of hydrogen-bond acceptors (Lipinski definition) is 4. The van der Waals surface area contributed by atoms with E-state index in [1.165, 1.54) is 0 Å². The average molecular weight is 438 g/mol. The zero-order valence-electron chi connectivity index (χ0n) is 16.1. The summed E-state index contributed by atoms with van der Waals surface area (Å²) >= 11 is 12.3. The number of carbonyl (C=O) groups is 1. The van der Waals surface area contributed by atoms with Crippen LogP contribution < -0.4 is 4.74 Å². The van der Waals surface area contributed by atoms with Gasteiger partial charge in [0.15, 0.2) is 5.70 Å². The molecule has 0 fully saturated rings. The molecule has 150 valence electrons. The zero-order chi connectivity index (χ0) is 21.1. The predicted octanol–water partition coefficient (Wildman–Crippen LogP) is 6.23. The minimum Gasteiger partial charge on any atom is -0.489 e. The molecule has 0 atom stereocenters. The van der Waals surface area contributed by atoms with Gasteiger partial charge in [-0.3, -0.25) is 0 Å². The topological polar surface area (TPSA) is 47.9 Å². The Balaban J connectivity index is 1.47. The van der Waals surface area contributed by atoms with Crippen molar-refractivity contribution in [2.24, 2.45) is 4.99 Å². The highest BCUT2D eigenvalue weighted by molar-refractivity contribution is 6.32. The number of aryl methyl sites for hydroxylation is 1. The lowest BCUT2D eigenvalue weighted by atomic mass is 10.1. The predicted molar refractivity (Wildman–Crippen MR) is 119 cm³/mol. The Labute approximate surface area is 184 Å². The van der Waals surface area contributed by atoms with E-state index in [2.05, 4.69) is 4.99 Å². The molecule has 1 aliphatic heterocycles. The molecule has 0 radical (unpaired) electrons. The number of halogens is 2.